The topological polar surface area (TPSA) is 38.1 Å². The lowest BCUT2D eigenvalue weighted by Crippen LogP contribution is -2.40. The first kappa shape index (κ1) is 14.0. The summed E-state index contributed by atoms with van der Waals surface area (Å²) < 4.78 is 2.03. The Balaban J connectivity index is 1.52. The number of likely N-dealkylation sites (tertiary alicyclic amines) is 1. The van der Waals surface area contributed by atoms with E-state index in [1.165, 1.54) is 24.0 Å². The molecule has 1 atom stereocenters. The number of hydrogen-bond acceptors (Lipinski definition) is 3. The summed E-state index contributed by atoms with van der Waals surface area (Å²) in [5.41, 5.74) is 2.46. The Morgan fingerprint density at radius 3 is 2.95 bits per heavy atom. The van der Waals surface area contributed by atoms with Crippen LogP contribution >= 0.6 is 11.3 Å². The van der Waals surface area contributed by atoms with Crippen LogP contribution in [0.3, 0.4) is 0 Å². The van der Waals surface area contributed by atoms with Gasteiger partial charge >= 0.3 is 0 Å². The quantitative estimate of drug-likeness (QED) is 0.868. The predicted octanol–water partition coefficient (Wildman–Crippen LogP) is 3.61. The van der Waals surface area contributed by atoms with Gasteiger partial charge in [0, 0.05) is 19.3 Å². The van der Waals surface area contributed by atoms with Gasteiger partial charge in [0.25, 0.3) is 5.91 Å². The molecule has 116 valence electrons. The van der Waals surface area contributed by atoms with Crippen LogP contribution in [0.1, 0.15) is 58.4 Å². The van der Waals surface area contributed by atoms with Crippen LogP contribution in [0.4, 0.5) is 0 Å². The van der Waals surface area contributed by atoms with Crippen LogP contribution in [0.25, 0.3) is 0 Å². The molecule has 0 aromatic carbocycles. The molecule has 2 aromatic heterocycles. The molecule has 0 unspecified atom stereocenters. The summed E-state index contributed by atoms with van der Waals surface area (Å²) in [6, 6.07) is 2.46. The van der Waals surface area contributed by atoms with Crippen LogP contribution in [0.2, 0.25) is 0 Å². The van der Waals surface area contributed by atoms with Gasteiger partial charge in [0.2, 0.25) is 0 Å². The van der Waals surface area contributed by atoms with Gasteiger partial charge in [0.15, 0.2) is 0 Å². The van der Waals surface area contributed by atoms with Gasteiger partial charge in [-0.25, -0.2) is 0 Å². The molecule has 4 rings (SSSR count). The summed E-state index contributed by atoms with van der Waals surface area (Å²) in [4.78, 5) is 15.9. The monoisotopic (exact) mass is 315 g/mol. The fourth-order valence-corrected chi connectivity index (χ4v) is 4.29. The highest BCUT2D eigenvalue weighted by molar-refractivity contribution is 7.12. The third kappa shape index (κ3) is 2.58. The zero-order chi connectivity index (χ0) is 15.1. The van der Waals surface area contributed by atoms with Crippen molar-refractivity contribution in [2.45, 2.75) is 44.6 Å². The number of thiophene rings is 1. The minimum Gasteiger partial charge on any atom is -0.336 e. The van der Waals surface area contributed by atoms with Crippen LogP contribution < -0.4 is 0 Å². The van der Waals surface area contributed by atoms with E-state index in [-0.39, 0.29) is 5.91 Å². The van der Waals surface area contributed by atoms with Gasteiger partial charge in [0.05, 0.1) is 17.1 Å². The normalized spacial score (nSPS) is 22.0. The second-order valence-corrected chi connectivity index (χ2v) is 7.44. The number of aromatic nitrogens is 2. The lowest BCUT2D eigenvalue weighted by Gasteiger charge is -2.32. The van der Waals surface area contributed by atoms with E-state index in [0.29, 0.717) is 12.0 Å². The molecule has 0 spiro atoms. The number of piperidine rings is 1. The largest absolute Gasteiger partial charge is 0.336 e. The molecule has 3 heterocycles. The second kappa shape index (κ2) is 5.54. The average Bonchev–Trinajstić information content (AvgIpc) is 3.10. The Hall–Kier alpha value is -1.62. The lowest BCUT2D eigenvalue weighted by atomic mass is 10.0. The van der Waals surface area contributed by atoms with E-state index >= 15 is 0 Å². The molecule has 5 heteroatoms. The first-order valence-corrected chi connectivity index (χ1v) is 8.98. The molecule has 0 N–H and O–H groups in total. The van der Waals surface area contributed by atoms with Gasteiger partial charge in [-0.15, -0.1) is 11.3 Å². The van der Waals surface area contributed by atoms with Gasteiger partial charge in [-0.05, 0) is 61.1 Å². The molecular weight excluding hydrogens is 294 g/mol. The van der Waals surface area contributed by atoms with Crippen molar-refractivity contribution < 1.29 is 4.79 Å². The van der Waals surface area contributed by atoms with Gasteiger partial charge < -0.3 is 4.90 Å². The predicted molar refractivity (Wildman–Crippen MR) is 87.4 cm³/mol. The van der Waals surface area contributed by atoms with Crippen molar-refractivity contribution >= 4 is 17.2 Å². The number of carbonyl (C=O) groups is 1. The Bertz CT molecular complexity index is 686. The van der Waals surface area contributed by atoms with Gasteiger partial charge in [-0.2, -0.15) is 5.10 Å². The van der Waals surface area contributed by atoms with Crippen LogP contribution in [-0.4, -0.2) is 33.7 Å². The molecule has 1 aliphatic carbocycles. The third-order valence-corrected chi connectivity index (χ3v) is 5.61. The minimum atomic E-state index is 0.227. The van der Waals surface area contributed by atoms with E-state index in [1.807, 2.05) is 15.8 Å². The molecule has 2 aromatic rings. The second-order valence-electron chi connectivity index (χ2n) is 6.52. The molecule has 1 aliphatic heterocycles. The van der Waals surface area contributed by atoms with E-state index in [1.54, 1.807) is 11.3 Å². The summed E-state index contributed by atoms with van der Waals surface area (Å²) in [6.45, 7) is 3.71. The number of aryl methyl sites for hydroxylation is 1. The van der Waals surface area contributed by atoms with E-state index in [0.717, 1.165) is 30.8 Å². The zero-order valence-corrected chi connectivity index (χ0v) is 13.7. The Labute approximate surface area is 134 Å². The molecule has 0 radical (unpaired) electrons. The Morgan fingerprint density at radius 1 is 1.36 bits per heavy atom. The molecule has 2 fully saturated rings. The lowest BCUT2D eigenvalue weighted by molar-refractivity contribution is 0.0677. The highest BCUT2D eigenvalue weighted by Crippen LogP contribution is 2.43. The van der Waals surface area contributed by atoms with Crippen molar-refractivity contribution in [1.29, 1.82) is 0 Å². The van der Waals surface area contributed by atoms with Crippen molar-refractivity contribution in [2.24, 2.45) is 0 Å². The fourth-order valence-electron chi connectivity index (χ4n) is 3.34. The maximum Gasteiger partial charge on any atom is 0.264 e. The van der Waals surface area contributed by atoms with Crippen molar-refractivity contribution in [2.75, 3.05) is 13.1 Å². The first-order valence-electron chi connectivity index (χ1n) is 8.10. The zero-order valence-electron chi connectivity index (χ0n) is 12.9. The summed E-state index contributed by atoms with van der Waals surface area (Å²) in [6.07, 6.45) is 8.62. The minimum absolute atomic E-state index is 0.227. The van der Waals surface area contributed by atoms with Crippen molar-refractivity contribution in [3.63, 3.8) is 0 Å². The highest BCUT2D eigenvalue weighted by Gasteiger charge is 2.32. The van der Waals surface area contributed by atoms with Gasteiger partial charge in [-0.3, -0.25) is 9.48 Å². The van der Waals surface area contributed by atoms with Crippen LogP contribution in [0, 0.1) is 6.92 Å². The Kier molecular flexibility index (Phi) is 3.53. The fraction of sp³-hybridized carbons (Fsp3) is 0.529. The number of nitrogens with zero attached hydrogens (tertiary/aromatic N) is 3. The van der Waals surface area contributed by atoms with Crippen LogP contribution in [0.15, 0.2) is 23.8 Å². The maximum atomic E-state index is 12.9. The summed E-state index contributed by atoms with van der Waals surface area (Å²) in [5.74, 6) is 0.866. The smallest absolute Gasteiger partial charge is 0.264 e. The van der Waals surface area contributed by atoms with Crippen molar-refractivity contribution in [3.8, 4) is 0 Å². The van der Waals surface area contributed by atoms with E-state index in [9.17, 15) is 4.79 Å². The molecule has 1 saturated carbocycles. The number of rotatable bonds is 3. The standard InChI is InChI=1S/C17H21N3OS/c1-12-9-18-20(10-12)14-3-2-7-19(11-14)17(21)16-15(6-8-22-16)13-4-5-13/h6,8-10,13-14H,2-5,7,11H2,1H3/t14-/m1/s1. The molecule has 22 heavy (non-hydrogen) atoms. The Morgan fingerprint density at radius 2 is 2.23 bits per heavy atom. The first-order chi connectivity index (χ1) is 10.7. The molecule has 2 aliphatic rings. The number of amides is 1. The summed E-state index contributed by atoms with van der Waals surface area (Å²) in [7, 11) is 0. The van der Waals surface area contributed by atoms with Gasteiger partial charge in [0.1, 0.15) is 0 Å². The van der Waals surface area contributed by atoms with Crippen LogP contribution in [0.5, 0.6) is 0 Å². The third-order valence-electron chi connectivity index (χ3n) is 4.70. The summed E-state index contributed by atoms with van der Waals surface area (Å²) >= 11 is 1.61. The molecule has 0 bridgehead atoms. The summed E-state index contributed by atoms with van der Waals surface area (Å²) in [5, 5.41) is 6.50. The average molecular weight is 315 g/mol. The van der Waals surface area contributed by atoms with Crippen molar-refractivity contribution in [3.05, 3.63) is 39.8 Å². The van der Waals surface area contributed by atoms with Gasteiger partial charge in [-0.1, -0.05) is 0 Å². The molecular formula is C17H21N3OS. The van der Waals surface area contributed by atoms with E-state index in [4.69, 9.17) is 0 Å². The molecule has 4 nitrogen and oxygen atoms in total. The van der Waals surface area contributed by atoms with Crippen molar-refractivity contribution in [1.82, 2.24) is 14.7 Å². The molecule has 1 saturated heterocycles. The maximum absolute atomic E-state index is 12.9. The number of carbonyl (C=O) groups excluding carboxylic acids is 1. The SMILES string of the molecule is Cc1cnn([C@@H]2CCCN(C(=O)c3sccc3C3CC3)C2)c1. The molecule has 1 amide bonds. The van der Waals surface area contributed by atoms with E-state index < -0.39 is 0 Å². The van der Waals surface area contributed by atoms with Crippen LogP contribution in [-0.2, 0) is 0 Å². The number of hydrogen-bond donors (Lipinski definition) is 0. The highest BCUT2D eigenvalue weighted by atomic mass is 32.1. The van der Waals surface area contributed by atoms with E-state index in [2.05, 4.69) is 29.7 Å².